The van der Waals surface area contributed by atoms with Gasteiger partial charge in [-0.05, 0) is 54.7 Å². The van der Waals surface area contributed by atoms with Gasteiger partial charge in [-0.3, -0.25) is 4.79 Å². The van der Waals surface area contributed by atoms with Gasteiger partial charge in [-0.15, -0.1) is 0 Å². The summed E-state index contributed by atoms with van der Waals surface area (Å²) >= 11 is 0. The molecule has 0 bridgehead atoms. The number of carbonyl (C=O) groups is 2. The molecule has 0 aliphatic carbocycles. The van der Waals surface area contributed by atoms with Gasteiger partial charge in [0.25, 0.3) is 0 Å². The average Bonchev–Trinajstić information content (AvgIpc) is 3.16. The Balaban J connectivity index is 1.61. The van der Waals surface area contributed by atoms with Crippen LogP contribution in [0.5, 0.6) is 5.75 Å². The van der Waals surface area contributed by atoms with E-state index >= 15 is 0 Å². The predicted molar refractivity (Wildman–Crippen MR) is 98.4 cm³/mol. The number of carboxylic acid groups (broad SMARTS) is 1. The number of nitrogens with zero attached hydrogens (tertiary/aromatic N) is 1. The van der Waals surface area contributed by atoms with Crippen LogP contribution >= 0.6 is 0 Å². The van der Waals surface area contributed by atoms with Crippen molar-refractivity contribution in [1.29, 1.82) is 0 Å². The van der Waals surface area contributed by atoms with Crippen molar-refractivity contribution in [2.45, 2.75) is 31.7 Å². The number of carboxylic acids is 1. The summed E-state index contributed by atoms with van der Waals surface area (Å²) in [6.45, 7) is 0.785. The number of amides is 1. The third kappa shape index (κ3) is 4.04. The smallest absolute Gasteiger partial charge is 0.335 e. The second-order valence-corrected chi connectivity index (χ2v) is 6.52. The number of aromatic carboxylic acids is 1. The van der Waals surface area contributed by atoms with E-state index < -0.39 is 5.97 Å². The fourth-order valence-corrected chi connectivity index (χ4v) is 3.45. The largest absolute Gasteiger partial charge is 0.497 e. The maximum absolute atomic E-state index is 12.7. The number of hydrogen-bond acceptors (Lipinski definition) is 3. The number of rotatable bonds is 6. The SMILES string of the molecule is COc1ccc([C@@H]2CCCN2C(=O)CCc2ccc(C(=O)O)cc2)cc1. The van der Waals surface area contributed by atoms with E-state index in [4.69, 9.17) is 9.84 Å². The molecule has 0 radical (unpaired) electrons. The number of hydrogen-bond donors (Lipinski definition) is 1. The molecule has 3 rings (SSSR count). The third-order valence-corrected chi connectivity index (χ3v) is 4.90. The van der Waals surface area contributed by atoms with Gasteiger partial charge >= 0.3 is 5.97 Å². The van der Waals surface area contributed by atoms with Gasteiger partial charge in [0.1, 0.15) is 5.75 Å². The van der Waals surface area contributed by atoms with Gasteiger partial charge in [0.2, 0.25) is 5.91 Å². The van der Waals surface area contributed by atoms with E-state index in [0.29, 0.717) is 12.8 Å². The second kappa shape index (κ2) is 8.04. The van der Waals surface area contributed by atoms with Crippen LogP contribution in [0.1, 0.15) is 46.8 Å². The lowest BCUT2D eigenvalue weighted by molar-refractivity contribution is -0.132. The molecule has 26 heavy (non-hydrogen) atoms. The Morgan fingerprint density at radius 3 is 2.42 bits per heavy atom. The topological polar surface area (TPSA) is 66.8 Å². The van der Waals surface area contributed by atoms with Crippen molar-refractivity contribution < 1.29 is 19.4 Å². The van der Waals surface area contributed by atoms with Gasteiger partial charge in [-0.25, -0.2) is 4.79 Å². The predicted octanol–water partition coefficient (Wildman–Crippen LogP) is 3.69. The minimum absolute atomic E-state index is 0.128. The third-order valence-electron chi connectivity index (χ3n) is 4.90. The zero-order chi connectivity index (χ0) is 18.5. The summed E-state index contributed by atoms with van der Waals surface area (Å²) in [6, 6.07) is 14.8. The fraction of sp³-hybridized carbons (Fsp3) is 0.333. The molecule has 1 amide bonds. The van der Waals surface area contributed by atoms with Gasteiger partial charge in [0.05, 0.1) is 18.7 Å². The molecule has 5 nitrogen and oxygen atoms in total. The zero-order valence-electron chi connectivity index (χ0n) is 14.9. The van der Waals surface area contributed by atoms with Crippen LogP contribution in [0, 0.1) is 0 Å². The molecule has 0 aromatic heterocycles. The van der Waals surface area contributed by atoms with Gasteiger partial charge in [0, 0.05) is 13.0 Å². The second-order valence-electron chi connectivity index (χ2n) is 6.52. The molecule has 5 heteroatoms. The maximum Gasteiger partial charge on any atom is 0.335 e. The number of carbonyl (C=O) groups excluding carboxylic acids is 1. The van der Waals surface area contributed by atoms with E-state index in [9.17, 15) is 9.59 Å². The summed E-state index contributed by atoms with van der Waals surface area (Å²) in [7, 11) is 1.64. The molecular formula is C21H23NO4. The lowest BCUT2D eigenvalue weighted by Crippen LogP contribution is -2.30. The zero-order valence-corrected chi connectivity index (χ0v) is 14.9. The molecule has 0 unspecified atom stereocenters. The van der Waals surface area contributed by atoms with Crippen LogP contribution in [-0.4, -0.2) is 35.5 Å². The number of benzene rings is 2. The highest BCUT2D eigenvalue weighted by Gasteiger charge is 2.29. The monoisotopic (exact) mass is 353 g/mol. The molecule has 0 spiro atoms. The maximum atomic E-state index is 12.7. The summed E-state index contributed by atoms with van der Waals surface area (Å²) in [5.41, 5.74) is 2.38. The first-order valence-electron chi connectivity index (χ1n) is 8.84. The van der Waals surface area contributed by atoms with Gasteiger partial charge in [0.15, 0.2) is 0 Å². The van der Waals surface area contributed by atoms with E-state index in [0.717, 1.165) is 36.3 Å². The Morgan fingerprint density at radius 1 is 1.12 bits per heavy atom. The van der Waals surface area contributed by atoms with Gasteiger partial charge in [-0.1, -0.05) is 24.3 Å². The van der Waals surface area contributed by atoms with Crippen LogP contribution in [0.2, 0.25) is 0 Å². The quantitative estimate of drug-likeness (QED) is 0.860. The average molecular weight is 353 g/mol. The summed E-state index contributed by atoms with van der Waals surface area (Å²) in [5.74, 6) is 0.0205. The van der Waals surface area contributed by atoms with E-state index in [-0.39, 0.29) is 17.5 Å². The van der Waals surface area contributed by atoms with Crippen LogP contribution < -0.4 is 4.74 Å². The Hall–Kier alpha value is -2.82. The lowest BCUT2D eigenvalue weighted by atomic mass is 10.0. The molecule has 136 valence electrons. The van der Waals surface area contributed by atoms with Crippen molar-refractivity contribution in [2.24, 2.45) is 0 Å². The van der Waals surface area contributed by atoms with Crippen LogP contribution in [-0.2, 0) is 11.2 Å². The first kappa shape index (κ1) is 18.0. The lowest BCUT2D eigenvalue weighted by Gasteiger charge is -2.25. The molecule has 1 N–H and O–H groups in total. The Labute approximate surface area is 153 Å². The minimum atomic E-state index is -0.938. The molecular weight excluding hydrogens is 330 g/mol. The number of aryl methyl sites for hydroxylation is 1. The molecule has 2 aromatic carbocycles. The molecule has 1 fully saturated rings. The minimum Gasteiger partial charge on any atom is -0.497 e. The molecule has 1 aliphatic rings. The Bertz CT molecular complexity index is 768. The highest BCUT2D eigenvalue weighted by Crippen LogP contribution is 2.33. The van der Waals surface area contributed by atoms with Crippen molar-refractivity contribution in [3.8, 4) is 5.75 Å². The van der Waals surface area contributed by atoms with Crippen molar-refractivity contribution >= 4 is 11.9 Å². The normalized spacial score (nSPS) is 16.5. The molecule has 1 aliphatic heterocycles. The van der Waals surface area contributed by atoms with Crippen molar-refractivity contribution in [2.75, 3.05) is 13.7 Å². The standard InChI is InChI=1S/C21H23NO4/c1-26-18-11-9-16(10-12-18)19-3-2-14-22(19)20(23)13-6-15-4-7-17(8-5-15)21(24)25/h4-5,7-12,19H,2-3,6,13-14H2,1H3,(H,24,25)/t19-/m0/s1. The summed E-state index contributed by atoms with van der Waals surface area (Å²) in [4.78, 5) is 25.6. The highest BCUT2D eigenvalue weighted by atomic mass is 16.5. The number of methoxy groups -OCH3 is 1. The van der Waals surface area contributed by atoms with E-state index in [1.54, 1.807) is 31.4 Å². The van der Waals surface area contributed by atoms with Crippen LogP contribution in [0.25, 0.3) is 0 Å². The summed E-state index contributed by atoms with van der Waals surface area (Å²) in [6.07, 6.45) is 3.03. The van der Waals surface area contributed by atoms with Crippen LogP contribution in [0.4, 0.5) is 0 Å². The number of likely N-dealkylation sites (tertiary alicyclic amines) is 1. The Kier molecular flexibility index (Phi) is 5.56. The molecule has 2 aromatic rings. The van der Waals surface area contributed by atoms with Crippen molar-refractivity contribution in [1.82, 2.24) is 4.90 Å². The molecule has 0 saturated carbocycles. The molecule has 1 atom stereocenters. The van der Waals surface area contributed by atoms with E-state index in [2.05, 4.69) is 0 Å². The number of ether oxygens (including phenoxy) is 1. The summed E-state index contributed by atoms with van der Waals surface area (Å²) < 4.78 is 5.20. The van der Waals surface area contributed by atoms with Crippen LogP contribution in [0.3, 0.4) is 0 Å². The molecule has 1 saturated heterocycles. The summed E-state index contributed by atoms with van der Waals surface area (Å²) in [5, 5.41) is 8.94. The van der Waals surface area contributed by atoms with Gasteiger partial charge < -0.3 is 14.7 Å². The Morgan fingerprint density at radius 2 is 1.81 bits per heavy atom. The molecule has 1 heterocycles. The van der Waals surface area contributed by atoms with Crippen LogP contribution in [0.15, 0.2) is 48.5 Å². The fourth-order valence-electron chi connectivity index (χ4n) is 3.45. The first-order valence-corrected chi connectivity index (χ1v) is 8.84. The highest BCUT2D eigenvalue weighted by molar-refractivity contribution is 5.87. The van der Waals surface area contributed by atoms with E-state index in [1.165, 1.54) is 0 Å². The first-order chi connectivity index (χ1) is 12.6. The van der Waals surface area contributed by atoms with Crippen molar-refractivity contribution in [3.63, 3.8) is 0 Å². The van der Waals surface area contributed by atoms with E-state index in [1.807, 2.05) is 29.2 Å². The van der Waals surface area contributed by atoms with Crippen molar-refractivity contribution in [3.05, 3.63) is 65.2 Å². The van der Waals surface area contributed by atoms with Gasteiger partial charge in [-0.2, -0.15) is 0 Å².